The van der Waals surface area contributed by atoms with Crippen molar-refractivity contribution in [2.24, 2.45) is 5.92 Å². The summed E-state index contributed by atoms with van der Waals surface area (Å²) >= 11 is 5.49. The van der Waals surface area contributed by atoms with Crippen LogP contribution in [0.1, 0.15) is 36.6 Å². The molecule has 2 heterocycles. The van der Waals surface area contributed by atoms with Gasteiger partial charge in [0.25, 0.3) is 0 Å². The van der Waals surface area contributed by atoms with E-state index in [1.54, 1.807) is 0 Å². The summed E-state index contributed by atoms with van der Waals surface area (Å²) in [5.74, 6) is -0.124. The van der Waals surface area contributed by atoms with Crippen molar-refractivity contribution in [2.75, 3.05) is 19.7 Å². The van der Waals surface area contributed by atoms with Crippen molar-refractivity contribution in [1.29, 1.82) is 5.26 Å². The van der Waals surface area contributed by atoms with E-state index < -0.39 is 0 Å². The summed E-state index contributed by atoms with van der Waals surface area (Å²) in [6.45, 7) is 8.65. The molecule has 2 rings (SSSR count). The Morgan fingerprint density at radius 3 is 2.96 bits per heavy atom. The monoisotopic (exact) mass is 334 g/mol. The summed E-state index contributed by atoms with van der Waals surface area (Å²) in [7, 11) is 0. The third-order valence-electron chi connectivity index (χ3n) is 4.44. The molecule has 6 heteroatoms. The number of nitrogens with zero attached hydrogens (tertiary/aromatic N) is 2. The van der Waals surface area contributed by atoms with Crippen LogP contribution in [0.5, 0.6) is 0 Å². The van der Waals surface area contributed by atoms with Gasteiger partial charge in [-0.1, -0.05) is 12.2 Å². The molecule has 1 aromatic rings. The molecule has 124 valence electrons. The fraction of sp³-hybridized carbons (Fsp3) is 0.588. The number of hydrogen-bond acceptors (Lipinski definition) is 4. The topological polar surface area (TPSA) is 59.5 Å². The fourth-order valence-electron chi connectivity index (χ4n) is 3.24. The van der Waals surface area contributed by atoms with Gasteiger partial charge in [0.15, 0.2) is 6.67 Å². The van der Waals surface area contributed by atoms with E-state index in [1.807, 2.05) is 31.4 Å². The molecule has 0 bridgehead atoms. The van der Waals surface area contributed by atoms with Crippen LogP contribution in [0.2, 0.25) is 0 Å². The van der Waals surface area contributed by atoms with Gasteiger partial charge in [0.1, 0.15) is 16.6 Å². The van der Waals surface area contributed by atoms with Crippen LogP contribution in [-0.4, -0.2) is 30.2 Å². The first-order valence-electron chi connectivity index (χ1n) is 8.09. The lowest BCUT2D eigenvalue weighted by Crippen LogP contribution is -3.13. The van der Waals surface area contributed by atoms with Crippen molar-refractivity contribution in [3.05, 3.63) is 27.5 Å². The molecule has 0 aromatic carbocycles. The predicted octanol–water partition coefficient (Wildman–Crippen LogP) is 1.52. The first-order chi connectivity index (χ1) is 11.0. The van der Waals surface area contributed by atoms with Crippen molar-refractivity contribution in [1.82, 2.24) is 4.57 Å². The van der Waals surface area contributed by atoms with E-state index in [1.165, 1.54) is 4.90 Å². The summed E-state index contributed by atoms with van der Waals surface area (Å²) in [6, 6.07) is 4.20. The number of carbonyl (C=O) groups excluding carboxylic acids is 1. The number of likely N-dealkylation sites (tertiary alicyclic amines) is 1. The maximum absolute atomic E-state index is 12.0. The molecule has 0 amide bonds. The Balaban J connectivity index is 2.18. The number of esters is 1. The average molecular weight is 334 g/mol. The van der Waals surface area contributed by atoms with Crippen LogP contribution in [0.4, 0.5) is 0 Å². The predicted molar refractivity (Wildman–Crippen MR) is 89.5 cm³/mol. The zero-order valence-electron chi connectivity index (χ0n) is 14.0. The standard InChI is InChI=1S/C17H23N3O2S/c1-4-22-17(21)14-6-5-7-19(10-14)11-20-13(3)8-12(2)15(9-18)16(20)23/h8,14H,4-7,10-11H2,1-3H3/p+1/t14-/m0/s1. The smallest absolute Gasteiger partial charge is 0.314 e. The van der Waals surface area contributed by atoms with Gasteiger partial charge in [-0.3, -0.25) is 9.36 Å². The molecule has 1 aromatic heterocycles. The lowest BCUT2D eigenvalue weighted by molar-refractivity contribution is -0.930. The summed E-state index contributed by atoms with van der Waals surface area (Å²) in [6.07, 6.45) is 1.90. The number of nitrogens with one attached hydrogen (secondary N) is 1. The van der Waals surface area contributed by atoms with E-state index in [9.17, 15) is 10.1 Å². The highest BCUT2D eigenvalue weighted by Gasteiger charge is 2.30. The number of nitriles is 1. The highest BCUT2D eigenvalue weighted by Crippen LogP contribution is 2.13. The Morgan fingerprint density at radius 2 is 2.30 bits per heavy atom. The molecule has 23 heavy (non-hydrogen) atoms. The highest BCUT2D eigenvalue weighted by molar-refractivity contribution is 7.71. The number of hydrogen-bond donors (Lipinski definition) is 1. The van der Waals surface area contributed by atoms with Gasteiger partial charge in [-0.05, 0) is 45.2 Å². The number of piperidine rings is 1. The molecule has 1 fully saturated rings. The van der Waals surface area contributed by atoms with E-state index in [4.69, 9.17) is 17.0 Å². The number of ether oxygens (including phenoxy) is 1. The molecule has 1 aliphatic rings. The van der Waals surface area contributed by atoms with Gasteiger partial charge < -0.3 is 9.64 Å². The molecule has 0 radical (unpaired) electrons. The molecule has 1 N–H and O–H groups in total. The maximum atomic E-state index is 12.0. The van der Waals surface area contributed by atoms with Crippen molar-refractivity contribution in [3.8, 4) is 6.07 Å². The molecule has 5 nitrogen and oxygen atoms in total. The highest BCUT2D eigenvalue weighted by atomic mass is 32.1. The first-order valence-corrected chi connectivity index (χ1v) is 8.50. The molecule has 1 unspecified atom stereocenters. The zero-order chi connectivity index (χ0) is 17.0. The van der Waals surface area contributed by atoms with Crippen molar-refractivity contribution in [2.45, 2.75) is 40.3 Å². The van der Waals surface area contributed by atoms with E-state index in [0.717, 1.165) is 37.2 Å². The summed E-state index contributed by atoms with van der Waals surface area (Å²) in [5, 5.41) is 9.30. The van der Waals surface area contributed by atoms with Gasteiger partial charge in [-0.15, -0.1) is 0 Å². The van der Waals surface area contributed by atoms with Crippen LogP contribution < -0.4 is 4.90 Å². The SMILES string of the molecule is CCOC(=O)[C@H]1CCC[NH+](Cn2c(C)cc(C)c(C#N)c2=S)C1. The third kappa shape index (κ3) is 3.98. The van der Waals surface area contributed by atoms with Gasteiger partial charge in [-0.25, -0.2) is 0 Å². The Hall–Kier alpha value is -1.71. The summed E-state index contributed by atoms with van der Waals surface area (Å²) in [4.78, 5) is 13.3. The number of carbonyl (C=O) groups is 1. The zero-order valence-corrected chi connectivity index (χ0v) is 14.8. The summed E-state index contributed by atoms with van der Waals surface area (Å²) < 4.78 is 7.77. The van der Waals surface area contributed by atoms with Gasteiger partial charge in [0.05, 0.1) is 25.3 Å². The normalized spacial score (nSPS) is 20.8. The van der Waals surface area contributed by atoms with Crippen molar-refractivity contribution in [3.63, 3.8) is 0 Å². The number of quaternary nitrogens is 1. The van der Waals surface area contributed by atoms with E-state index >= 15 is 0 Å². The lowest BCUT2D eigenvalue weighted by atomic mass is 9.98. The van der Waals surface area contributed by atoms with E-state index in [2.05, 4.69) is 6.07 Å². The minimum atomic E-state index is -0.0911. The Kier molecular flexibility index (Phi) is 5.91. The number of aromatic nitrogens is 1. The molecule has 1 aliphatic heterocycles. The molecule has 0 aliphatic carbocycles. The van der Waals surface area contributed by atoms with Crippen LogP contribution in [-0.2, 0) is 16.2 Å². The van der Waals surface area contributed by atoms with Crippen LogP contribution in [0.25, 0.3) is 0 Å². The van der Waals surface area contributed by atoms with E-state index in [0.29, 0.717) is 23.5 Å². The minimum Gasteiger partial charge on any atom is -0.466 e. The van der Waals surface area contributed by atoms with Crippen LogP contribution in [0.3, 0.4) is 0 Å². The van der Waals surface area contributed by atoms with Crippen LogP contribution in [0.15, 0.2) is 6.07 Å². The molecule has 1 saturated heterocycles. The van der Waals surface area contributed by atoms with Crippen LogP contribution >= 0.6 is 12.2 Å². The van der Waals surface area contributed by atoms with Crippen molar-refractivity contribution >= 4 is 18.2 Å². The molecule has 0 saturated carbocycles. The molecular weight excluding hydrogens is 310 g/mol. The average Bonchev–Trinajstić information content (AvgIpc) is 2.52. The third-order valence-corrected chi connectivity index (χ3v) is 4.86. The fourth-order valence-corrected chi connectivity index (χ4v) is 3.65. The number of pyridine rings is 1. The summed E-state index contributed by atoms with van der Waals surface area (Å²) in [5.41, 5.74) is 2.55. The van der Waals surface area contributed by atoms with Crippen LogP contribution in [0, 0.1) is 35.7 Å². The lowest BCUT2D eigenvalue weighted by Gasteiger charge is -2.30. The maximum Gasteiger partial charge on any atom is 0.314 e. The quantitative estimate of drug-likeness (QED) is 0.670. The van der Waals surface area contributed by atoms with Gasteiger partial charge in [0, 0.05) is 5.69 Å². The van der Waals surface area contributed by atoms with E-state index in [-0.39, 0.29) is 11.9 Å². The van der Waals surface area contributed by atoms with Gasteiger partial charge >= 0.3 is 5.97 Å². The Bertz CT molecular complexity index is 690. The molecule has 2 atom stereocenters. The Morgan fingerprint density at radius 1 is 1.57 bits per heavy atom. The first kappa shape index (κ1) is 17.6. The van der Waals surface area contributed by atoms with Gasteiger partial charge in [-0.2, -0.15) is 5.26 Å². The molecule has 0 spiro atoms. The van der Waals surface area contributed by atoms with Gasteiger partial charge in [0.2, 0.25) is 0 Å². The second-order valence-electron chi connectivity index (χ2n) is 6.14. The minimum absolute atomic E-state index is 0.0333. The second-order valence-corrected chi connectivity index (χ2v) is 6.53. The number of rotatable bonds is 4. The Labute approximate surface area is 142 Å². The largest absolute Gasteiger partial charge is 0.466 e. The number of aryl methyl sites for hydroxylation is 2. The molecular formula is C17H24N3O2S+. The second kappa shape index (κ2) is 7.71. The van der Waals surface area contributed by atoms with Crippen molar-refractivity contribution < 1.29 is 14.4 Å².